The molecule has 0 aromatic carbocycles. The van der Waals surface area contributed by atoms with Crippen molar-refractivity contribution in [1.82, 2.24) is 15.1 Å². The molecule has 5 nitrogen and oxygen atoms in total. The summed E-state index contributed by atoms with van der Waals surface area (Å²) in [6.45, 7) is 15.6. The van der Waals surface area contributed by atoms with Crippen molar-refractivity contribution in [1.29, 1.82) is 0 Å². The van der Waals surface area contributed by atoms with Crippen molar-refractivity contribution in [2.75, 3.05) is 52.5 Å². The summed E-state index contributed by atoms with van der Waals surface area (Å²) >= 11 is 0. The number of rotatable bonds is 9. The van der Waals surface area contributed by atoms with E-state index in [0.29, 0.717) is 18.9 Å². The predicted molar refractivity (Wildman–Crippen MR) is 86.4 cm³/mol. The Kier molecular flexibility index (Phi) is 8.88. The number of hydrogen-bond donors (Lipinski definition) is 1. The van der Waals surface area contributed by atoms with Gasteiger partial charge in [0.15, 0.2) is 0 Å². The molecule has 0 aliphatic carbocycles. The maximum absolute atomic E-state index is 12.5. The third-order valence-electron chi connectivity index (χ3n) is 3.94. The summed E-state index contributed by atoms with van der Waals surface area (Å²) in [4.78, 5) is 16.9. The van der Waals surface area contributed by atoms with Crippen molar-refractivity contribution in [3.63, 3.8) is 0 Å². The van der Waals surface area contributed by atoms with E-state index in [-0.39, 0.29) is 11.9 Å². The molecule has 0 spiro atoms. The van der Waals surface area contributed by atoms with Gasteiger partial charge >= 0.3 is 0 Å². The standard InChI is InChI=1S/C16H33N3O2/c1-5-18(6-2)8-9-19(12-14(3)4)16(20)11-15-13-21-10-7-17-15/h14-15,17H,5-13H2,1-4H3. The summed E-state index contributed by atoms with van der Waals surface area (Å²) in [6.07, 6.45) is 0.547. The fourth-order valence-electron chi connectivity index (χ4n) is 2.65. The Hall–Kier alpha value is -0.650. The summed E-state index contributed by atoms with van der Waals surface area (Å²) < 4.78 is 5.44. The van der Waals surface area contributed by atoms with Gasteiger partial charge in [-0.05, 0) is 19.0 Å². The van der Waals surface area contributed by atoms with Crippen LogP contribution in [0.5, 0.6) is 0 Å². The largest absolute Gasteiger partial charge is 0.378 e. The third kappa shape index (κ3) is 7.25. The minimum absolute atomic E-state index is 0.175. The molecule has 1 N–H and O–H groups in total. The van der Waals surface area contributed by atoms with Crippen LogP contribution in [0.15, 0.2) is 0 Å². The Balaban J connectivity index is 2.47. The first-order chi connectivity index (χ1) is 10.1. The van der Waals surface area contributed by atoms with E-state index in [2.05, 4.69) is 37.9 Å². The molecular weight excluding hydrogens is 266 g/mol. The zero-order chi connectivity index (χ0) is 15.7. The number of ether oxygens (including phenoxy) is 1. The Morgan fingerprint density at radius 3 is 2.52 bits per heavy atom. The van der Waals surface area contributed by atoms with E-state index in [0.717, 1.165) is 45.9 Å². The number of carbonyl (C=O) groups is 1. The molecule has 0 bridgehead atoms. The van der Waals surface area contributed by atoms with E-state index in [1.807, 2.05) is 4.90 Å². The van der Waals surface area contributed by atoms with Crippen LogP contribution >= 0.6 is 0 Å². The molecule has 1 fully saturated rings. The topological polar surface area (TPSA) is 44.8 Å². The highest BCUT2D eigenvalue weighted by Crippen LogP contribution is 2.06. The molecule has 1 amide bonds. The molecule has 1 saturated heterocycles. The van der Waals surface area contributed by atoms with Crippen molar-refractivity contribution < 1.29 is 9.53 Å². The molecule has 1 heterocycles. The second kappa shape index (κ2) is 10.1. The van der Waals surface area contributed by atoms with Crippen LogP contribution in [0.2, 0.25) is 0 Å². The van der Waals surface area contributed by atoms with Crippen molar-refractivity contribution >= 4 is 5.91 Å². The SMILES string of the molecule is CCN(CC)CCN(CC(C)C)C(=O)CC1COCCN1. The highest BCUT2D eigenvalue weighted by molar-refractivity contribution is 5.76. The van der Waals surface area contributed by atoms with E-state index >= 15 is 0 Å². The van der Waals surface area contributed by atoms with Crippen molar-refractivity contribution in [3.8, 4) is 0 Å². The van der Waals surface area contributed by atoms with Gasteiger partial charge in [-0.25, -0.2) is 0 Å². The van der Waals surface area contributed by atoms with E-state index in [9.17, 15) is 4.79 Å². The Labute approximate surface area is 130 Å². The van der Waals surface area contributed by atoms with Crippen LogP contribution in [-0.2, 0) is 9.53 Å². The maximum atomic E-state index is 12.5. The van der Waals surface area contributed by atoms with Crippen molar-refractivity contribution in [3.05, 3.63) is 0 Å². The summed E-state index contributed by atoms with van der Waals surface area (Å²) in [5.41, 5.74) is 0. The lowest BCUT2D eigenvalue weighted by Gasteiger charge is -2.30. The second-order valence-electron chi connectivity index (χ2n) is 6.19. The first kappa shape index (κ1) is 18.4. The molecule has 0 aromatic heterocycles. The number of nitrogens with zero attached hydrogens (tertiary/aromatic N) is 2. The van der Waals surface area contributed by atoms with Gasteiger partial charge in [0.05, 0.1) is 13.2 Å². The average Bonchev–Trinajstić information content (AvgIpc) is 2.47. The van der Waals surface area contributed by atoms with E-state index in [4.69, 9.17) is 4.74 Å². The van der Waals surface area contributed by atoms with Crippen LogP contribution in [0.4, 0.5) is 0 Å². The van der Waals surface area contributed by atoms with Gasteiger partial charge in [-0.1, -0.05) is 27.7 Å². The lowest BCUT2D eigenvalue weighted by atomic mass is 10.1. The lowest BCUT2D eigenvalue weighted by molar-refractivity contribution is -0.133. The Morgan fingerprint density at radius 2 is 2.00 bits per heavy atom. The minimum Gasteiger partial charge on any atom is -0.378 e. The van der Waals surface area contributed by atoms with Crippen molar-refractivity contribution in [2.24, 2.45) is 5.92 Å². The highest BCUT2D eigenvalue weighted by atomic mass is 16.5. The van der Waals surface area contributed by atoms with Crippen LogP contribution in [0, 0.1) is 5.92 Å². The number of morpholine rings is 1. The normalized spacial score (nSPS) is 19.2. The van der Waals surface area contributed by atoms with Crippen LogP contribution in [0.3, 0.4) is 0 Å². The van der Waals surface area contributed by atoms with Crippen LogP contribution in [0.25, 0.3) is 0 Å². The number of likely N-dealkylation sites (N-methyl/N-ethyl adjacent to an activating group) is 1. The molecule has 1 rings (SSSR count). The van der Waals surface area contributed by atoms with Crippen LogP contribution < -0.4 is 5.32 Å². The highest BCUT2D eigenvalue weighted by Gasteiger charge is 2.21. The van der Waals surface area contributed by atoms with Crippen LogP contribution in [-0.4, -0.2) is 74.2 Å². The molecule has 1 aliphatic rings. The third-order valence-corrected chi connectivity index (χ3v) is 3.94. The fraction of sp³-hybridized carbons (Fsp3) is 0.938. The maximum Gasteiger partial charge on any atom is 0.224 e. The van der Waals surface area contributed by atoms with Gasteiger partial charge in [0, 0.05) is 38.6 Å². The minimum atomic E-state index is 0.175. The second-order valence-corrected chi connectivity index (χ2v) is 6.19. The monoisotopic (exact) mass is 299 g/mol. The Bertz CT molecular complexity index is 287. The van der Waals surface area contributed by atoms with Crippen LogP contribution in [0.1, 0.15) is 34.1 Å². The Morgan fingerprint density at radius 1 is 1.29 bits per heavy atom. The van der Waals surface area contributed by atoms with Gasteiger partial charge in [0.1, 0.15) is 0 Å². The quantitative estimate of drug-likeness (QED) is 0.695. The zero-order valence-corrected chi connectivity index (χ0v) is 14.2. The van der Waals surface area contributed by atoms with Gasteiger partial charge < -0.3 is 19.9 Å². The van der Waals surface area contributed by atoms with Gasteiger partial charge in [-0.2, -0.15) is 0 Å². The van der Waals surface area contributed by atoms with Gasteiger partial charge in [-0.3, -0.25) is 4.79 Å². The fourth-order valence-corrected chi connectivity index (χ4v) is 2.65. The smallest absolute Gasteiger partial charge is 0.224 e. The van der Waals surface area contributed by atoms with E-state index < -0.39 is 0 Å². The molecule has 1 unspecified atom stereocenters. The first-order valence-corrected chi connectivity index (χ1v) is 8.38. The summed E-state index contributed by atoms with van der Waals surface area (Å²) in [5, 5.41) is 3.36. The number of amides is 1. The summed E-state index contributed by atoms with van der Waals surface area (Å²) in [6, 6.07) is 0.175. The molecular formula is C16H33N3O2. The van der Waals surface area contributed by atoms with Gasteiger partial charge in [0.25, 0.3) is 0 Å². The number of carbonyl (C=O) groups excluding carboxylic acids is 1. The molecule has 1 atom stereocenters. The molecule has 0 saturated carbocycles. The molecule has 5 heteroatoms. The molecule has 21 heavy (non-hydrogen) atoms. The lowest BCUT2D eigenvalue weighted by Crippen LogP contribution is -2.47. The summed E-state index contributed by atoms with van der Waals surface area (Å²) in [5.74, 6) is 0.750. The first-order valence-electron chi connectivity index (χ1n) is 8.38. The molecule has 0 aromatic rings. The zero-order valence-electron chi connectivity index (χ0n) is 14.2. The summed E-state index contributed by atoms with van der Waals surface area (Å²) in [7, 11) is 0. The molecule has 1 aliphatic heterocycles. The van der Waals surface area contributed by atoms with Crippen molar-refractivity contribution in [2.45, 2.75) is 40.2 Å². The predicted octanol–water partition coefficient (Wildman–Crippen LogP) is 1.19. The van der Waals surface area contributed by atoms with E-state index in [1.165, 1.54) is 0 Å². The van der Waals surface area contributed by atoms with E-state index in [1.54, 1.807) is 0 Å². The molecule has 0 radical (unpaired) electrons. The number of hydrogen-bond acceptors (Lipinski definition) is 4. The van der Waals surface area contributed by atoms with Gasteiger partial charge in [-0.15, -0.1) is 0 Å². The number of nitrogens with one attached hydrogen (secondary N) is 1. The van der Waals surface area contributed by atoms with Gasteiger partial charge in [0.2, 0.25) is 5.91 Å². The average molecular weight is 299 g/mol. The molecule has 124 valence electrons.